The lowest BCUT2D eigenvalue weighted by atomic mass is 9.85. The molecule has 1 N–H and O–H groups in total. The van der Waals surface area contributed by atoms with Gasteiger partial charge in [-0.15, -0.1) is 5.10 Å². The van der Waals surface area contributed by atoms with Crippen LogP contribution in [0.1, 0.15) is 24.2 Å². The van der Waals surface area contributed by atoms with E-state index in [1.165, 1.54) is 0 Å². The number of carbonyl (C=O) groups is 2. The molecule has 2 heterocycles. The predicted molar refractivity (Wildman–Crippen MR) is 83.5 cm³/mol. The van der Waals surface area contributed by atoms with E-state index in [4.69, 9.17) is 0 Å². The second-order valence-corrected chi connectivity index (χ2v) is 5.91. The molecule has 6 heteroatoms. The fraction of sp³-hybridized carbons (Fsp3) is 0.294. The molecule has 116 valence electrons. The number of aromatic nitrogens is 3. The molecule has 2 aromatic rings. The van der Waals surface area contributed by atoms with Crippen LogP contribution in [0.2, 0.25) is 0 Å². The number of hydrogen-bond acceptors (Lipinski definition) is 4. The van der Waals surface area contributed by atoms with Crippen LogP contribution in [0.25, 0.3) is 0 Å². The summed E-state index contributed by atoms with van der Waals surface area (Å²) < 4.78 is 0. The van der Waals surface area contributed by atoms with Crippen molar-refractivity contribution in [1.82, 2.24) is 15.2 Å². The highest BCUT2D eigenvalue weighted by atomic mass is 16.2. The zero-order valence-corrected chi connectivity index (χ0v) is 12.5. The summed E-state index contributed by atoms with van der Waals surface area (Å²) in [5.74, 6) is -0.0866. The van der Waals surface area contributed by atoms with Crippen molar-refractivity contribution in [3.63, 3.8) is 0 Å². The van der Waals surface area contributed by atoms with Crippen LogP contribution in [-0.4, -0.2) is 27.0 Å². The SMILES string of the molecule is O=C1[C@@H]2CC=CC[C@H]2C(=O)N1c1n[nH]c(Cc2ccccc2)n1. The molecule has 1 aromatic heterocycles. The highest BCUT2D eigenvalue weighted by Gasteiger charge is 2.49. The molecule has 2 aliphatic rings. The average Bonchev–Trinajstić information content (AvgIpc) is 3.12. The van der Waals surface area contributed by atoms with Gasteiger partial charge in [0.2, 0.25) is 11.8 Å². The number of imide groups is 1. The highest BCUT2D eigenvalue weighted by Crippen LogP contribution is 2.36. The molecule has 1 aliphatic carbocycles. The number of carbonyl (C=O) groups excluding carboxylic acids is 2. The Kier molecular flexibility index (Phi) is 3.29. The summed E-state index contributed by atoms with van der Waals surface area (Å²) >= 11 is 0. The molecule has 4 rings (SSSR count). The van der Waals surface area contributed by atoms with Gasteiger partial charge in [0.1, 0.15) is 5.82 Å². The second kappa shape index (κ2) is 5.46. The van der Waals surface area contributed by atoms with Crippen LogP contribution in [0, 0.1) is 11.8 Å². The van der Waals surface area contributed by atoms with Gasteiger partial charge in [-0.25, -0.2) is 4.90 Å². The summed E-state index contributed by atoms with van der Waals surface area (Å²) in [6.45, 7) is 0. The van der Waals surface area contributed by atoms with Gasteiger partial charge in [0.05, 0.1) is 11.8 Å². The number of anilines is 1. The maximum atomic E-state index is 12.5. The zero-order valence-electron chi connectivity index (χ0n) is 12.5. The van der Waals surface area contributed by atoms with Gasteiger partial charge in [0.25, 0.3) is 5.95 Å². The van der Waals surface area contributed by atoms with Gasteiger partial charge in [-0.1, -0.05) is 42.5 Å². The van der Waals surface area contributed by atoms with Crippen LogP contribution < -0.4 is 4.90 Å². The summed E-state index contributed by atoms with van der Waals surface area (Å²) in [6, 6.07) is 9.85. The normalized spacial score (nSPS) is 23.4. The van der Waals surface area contributed by atoms with Crippen LogP contribution in [0.4, 0.5) is 5.95 Å². The van der Waals surface area contributed by atoms with Crippen molar-refractivity contribution in [3.8, 4) is 0 Å². The molecule has 0 unspecified atom stereocenters. The summed E-state index contributed by atoms with van der Waals surface area (Å²) in [6.07, 6.45) is 5.75. The lowest BCUT2D eigenvalue weighted by Crippen LogP contribution is -2.31. The summed E-state index contributed by atoms with van der Waals surface area (Å²) in [5.41, 5.74) is 1.09. The Balaban J connectivity index is 1.57. The molecular formula is C17H16N4O2. The molecule has 1 saturated heterocycles. The van der Waals surface area contributed by atoms with Crippen molar-refractivity contribution in [3.05, 3.63) is 53.9 Å². The molecule has 0 radical (unpaired) electrons. The first kappa shape index (κ1) is 13.9. The van der Waals surface area contributed by atoms with Gasteiger partial charge in [0.15, 0.2) is 0 Å². The fourth-order valence-electron chi connectivity index (χ4n) is 3.25. The Morgan fingerprint density at radius 2 is 1.70 bits per heavy atom. The smallest absolute Gasteiger partial charge is 0.258 e. The van der Waals surface area contributed by atoms with E-state index in [1.54, 1.807) is 0 Å². The van der Waals surface area contributed by atoms with Gasteiger partial charge >= 0.3 is 0 Å². The van der Waals surface area contributed by atoms with Crippen molar-refractivity contribution >= 4 is 17.8 Å². The number of amides is 2. The largest absolute Gasteiger partial charge is 0.274 e. The van der Waals surface area contributed by atoms with Gasteiger partial charge in [-0.05, 0) is 18.4 Å². The zero-order chi connectivity index (χ0) is 15.8. The van der Waals surface area contributed by atoms with E-state index < -0.39 is 0 Å². The molecule has 0 bridgehead atoms. The first-order valence-electron chi connectivity index (χ1n) is 7.72. The fourth-order valence-corrected chi connectivity index (χ4v) is 3.25. The van der Waals surface area contributed by atoms with Crippen LogP contribution in [0.5, 0.6) is 0 Å². The number of hydrogen-bond donors (Lipinski definition) is 1. The maximum absolute atomic E-state index is 12.5. The monoisotopic (exact) mass is 308 g/mol. The van der Waals surface area contributed by atoms with Crippen LogP contribution in [0.3, 0.4) is 0 Å². The van der Waals surface area contributed by atoms with E-state index in [1.807, 2.05) is 42.5 Å². The first-order chi connectivity index (χ1) is 11.2. The molecule has 0 saturated carbocycles. The quantitative estimate of drug-likeness (QED) is 0.693. The Hall–Kier alpha value is -2.76. The second-order valence-electron chi connectivity index (χ2n) is 5.91. The van der Waals surface area contributed by atoms with Crippen molar-refractivity contribution in [2.45, 2.75) is 19.3 Å². The predicted octanol–water partition coefficient (Wildman–Crippen LogP) is 1.85. The van der Waals surface area contributed by atoms with E-state index in [0.717, 1.165) is 10.5 Å². The molecule has 23 heavy (non-hydrogen) atoms. The van der Waals surface area contributed by atoms with Crippen molar-refractivity contribution < 1.29 is 9.59 Å². The van der Waals surface area contributed by atoms with Gasteiger partial charge in [-0.3, -0.25) is 14.7 Å². The Labute approximate surface area is 133 Å². The molecule has 2 atom stereocenters. The van der Waals surface area contributed by atoms with E-state index in [2.05, 4.69) is 15.2 Å². The number of H-pyrrole nitrogens is 1. The van der Waals surface area contributed by atoms with Gasteiger partial charge in [-0.2, -0.15) is 4.98 Å². The standard InChI is InChI=1S/C17H16N4O2/c22-15-12-8-4-5-9-13(12)16(23)21(15)17-18-14(19-20-17)10-11-6-2-1-3-7-11/h1-7,12-13H,8-10H2,(H,18,19,20)/t12-,13-/m1/s1. The molecular weight excluding hydrogens is 292 g/mol. The summed E-state index contributed by atoms with van der Waals surface area (Å²) in [4.78, 5) is 30.5. The third kappa shape index (κ3) is 2.36. The van der Waals surface area contributed by atoms with Gasteiger partial charge < -0.3 is 0 Å². The molecule has 0 spiro atoms. The number of nitrogens with zero attached hydrogens (tertiary/aromatic N) is 3. The van der Waals surface area contributed by atoms with Crippen molar-refractivity contribution in [1.29, 1.82) is 0 Å². The van der Waals surface area contributed by atoms with Crippen molar-refractivity contribution in [2.24, 2.45) is 11.8 Å². The molecule has 1 fully saturated rings. The lowest BCUT2D eigenvalue weighted by Gasteiger charge is -2.14. The van der Waals surface area contributed by atoms with E-state index in [-0.39, 0.29) is 29.6 Å². The third-order valence-corrected chi connectivity index (χ3v) is 4.44. The minimum Gasteiger partial charge on any atom is -0.274 e. The van der Waals surface area contributed by atoms with Crippen LogP contribution in [0.15, 0.2) is 42.5 Å². The molecule has 6 nitrogen and oxygen atoms in total. The highest BCUT2D eigenvalue weighted by molar-refractivity contribution is 6.21. The number of aromatic amines is 1. The van der Waals surface area contributed by atoms with E-state index in [0.29, 0.717) is 25.1 Å². The number of nitrogens with one attached hydrogen (secondary N) is 1. The van der Waals surface area contributed by atoms with Crippen LogP contribution >= 0.6 is 0 Å². The van der Waals surface area contributed by atoms with Crippen LogP contribution in [-0.2, 0) is 16.0 Å². The molecule has 1 aliphatic heterocycles. The van der Waals surface area contributed by atoms with Gasteiger partial charge in [0, 0.05) is 6.42 Å². The number of rotatable bonds is 3. The number of fused-ring (bicyclic) bond motifs is 1. The van der Waals surface area contributed by atoms with Crippen molar-refractivity contribution in [2.75, 3.05) is 4.90 Å². The molecule has 1 aromatic carbocycles. The third-order valence-electron chi connectivity index (χ3n) is 4.44. The summed E-state index contributed by atoms with van der Waals surface area (Å²) in [7, 11) is 0. The molecule has 2 amide bonds. The summed E-state index contributed by atoms with van der Waals surface area (Å²) in [5, 5.41) is 6.91. The number of allylic oxidation sites excluding steroid dienone is 2. The Morgan fingerprint density at radius 1 is 1.04 bits per heavy atom. The van der Waals surface area contributed by atoms with E-state index >= 15 is 0 Å². The maximum Gasteiger partial charge on any atom is 0.258 e. The topological polar surface area (TPSA) is 79.0 Å². The minimum absolute atomic E-state index is 0.167. The minimum atomic E-state index is -0.261. The van der Waals surface area contributed by atoms with E-state index in [9.17, 15) is 9.59 Å². The Morgan fingerprint density at radius 3 is 2.35 bits per heavy atom. The average molecular weight is 308 g/mol. The number of benzene rings is 1. The first-order valence-corrected chi connectivity index (χ1v) is 7.72. The Bertz CT molecular complexity index is 755. The lowest BCUT2D eigenvalue weighted by molar-refractivity contribution is -0.122.